The Hall–Kier alpha value is -0.820. The van der Waals surface area contributed by atoms with Crippen LogP contribution in [0.4, 0.5) is 0 Å². The standard InChI is InChI=1S/C16H25N/c1-14(16-11-3-2-4-12-16)17-13-7-10-15-8-5-6-9-15/h2-4,11-12,14-15,17H,5-10,13H2,1H3. The van der Waals surface area contributed by atoms with E-state index < -0.39 is 0 Å². The minimum atomic E-state index is 0.486. The van der Waals surface area contributed by atoms with Crippen LogP contribution in [0.3, 0.4) is 0 Å². The summed E-state index contributed by atoms with van der Waals surface area (Å²) < 4.78 is 0. The van der Waals surface area contributed by atoms with Gasteiger partial charge in [0, 0.05) is 6.04 Å². The van der Waals surface area contributed by atoms with Crippen molar-refractivity contribution in [3.8, 4) is 0 Å². The molecule has 0 bridgehead atoms. The molecule has 0 amide bonds. The van der Waals surface area contributed by atoms with Gasteiger partial charge < -0.3 is 5.32 Å². The van der Waals surface area contributed by atoms with Gasteiger partial charge in [0.2, 0.25) is 0 Å². The summed E-state index contributed by atoms with van der Waals surface area (Å²) in [6.45, 7) is 3.41. The predicted octanol–water partition coefficient (Wildman–Crippen LogP) is 4.31. The van der Waals surface area contributed by atoms with Crippen LogP contribution in [0.15, 0.2) is 30.3 Å². The van der Waals surface area contributed by atoms with Gasteiger partial charge in [-0.05, 0) is 37.8 Å². The fraction of sp³-hybridized carbons (Fsp3) is 0.625. The van der Waals surface area contributed by atoms with Crippen LogP contribution in [0.25, 0.3) is 0 Å². The Morgan fingerprint density at radius 2 is 1.88 bits per heavy atom. The molecule has 1 unspecified atom stereocenters. The summed E-state index contributed by atoms with van der Waals surface area (Å²) in [5.41, 5.74) is 1.40. The van der Waals surface area contributed by atoms with Crippen LogP contribution in [-0.2, 0) is 0 Å². The van der Waals surface area contributed by atoms with Gasteiger partial charge in [0.1, 0.15) is 0 Å². The van der Waals surface area contributed by atoms with E-state index in [1.54, 1.807) is 0 Å². The first-order valence-corrected chi connectivity index (χ1v) is 7.14. The average Bonchev–Trinajstić information content (AvgIpc) is 2.88. The first kappa shape index (κ1) is 12.6. The summed E-state index contributed by atoms with van der Waals surface area (Å²) in [7, 11) is 0. The molecule has 0 heterocycles. The summed E-state index contributed by atoms with van der Waals surface area (Å²) in [5, 5.41) is 3.62. The molecule has 0 saturated heterocycles. The van der Waals surface area contributed by atoms with Gasteiger partial charge in [0.15, 0.2) is 0 Å². The van der Waals surface area contributed by atoms with Crippen molar-refractivity contribution in [3.05, 3.63) is 35.9 Å². The van der Waals surface area contributed by atoms with E-state index in [1.165, 1.54) is 44.1 Å². The van der Waals surface area contributed by atoms with Crippen LogP contribution in [0.1, 0.15) is 57.1 Å². The number of rotatable bonds is 6. The third-order valence-electron chi connectivity index (χ3n) is 4.01. The largest absolute Gasteiger partial charge is 0.310 e. The van der Waals surface area contributed by atoms with Crippen molar-refractivity contribution in [2.75, 3.05) is 6.54 Å². The van der Waals surface area contributed by atoms with Gasteiger partial charge in [-0.3, -0.25) is 0 Å². The van der Waals surface area contributed by atoms with E-state index >= 15 is 0 Å². The molecule has 1 N–H and O–H groups in total. The predicted molar refractivity (Wildman–Crippen MR) is 74.1 cm³/mol. The van der Waals surface area contributed by atoms with Crippen molar-refractivity contribution < 1.29 is 0 Å². The van der Waals surface area contributed by atoms with E-state index in [2.05, 4.69) is 42.6 Å². The maximum atomic E-state index is 3.62. The van der Waals surface area contributed by atoms with Crippen LogP contribution >= 0.6 is 0 Å². The van der Waals surface area contributed by atoms with Crippen molar-refractivity contribution >= 4 is 0 Å². The van der Waals surface area contributed by atoms with Gasteiger partial charge in [0.05, 0.1) is 0 Å². The molecule has 1 fully saturated rings. The molecule has 1 heteroatoms. The molecule has 17 heavy (non-hydrogen) atoms. The molecule has 2 rings (SSSR count). The maximum absolute atomic E-state index is 3.62. The van der Waals surface area contributed by atoms with Crippen molar-refractivity contribution in [2.24, 2.45) is 5.92 Å². The van der Waals surface area contributed by atoms with E-state index in [-0.39, 0.29) is 0 Å². The smallest absolute Gasteiger partial charge is 0.0291 e. The van der Waals surface area contributed by atoms with Crippen molar-refractivity contribution in [3.63, 3.8) is 0 Å². The van der Waals surface area contributed by atoms with Gasteiger partial charge in [0.25, 0.3) is 0 Å². The SMILES string of the molecule is CC(NCCCC1CCCC1)c1ccccc1. The molecule has 1 aliphatic rings. The Morgan fingerprint density at radius 1 is 1.18 bits per heavy atom. The first-order valence-electron chi connectivity index (χ1n) is 7.14. The summed E-state index contributed by atoms with van der Waals surface area (Å²) in [5.74, 6) is 1.03. The van der Waals surface area contributed by atoms with E-state index in [0.29, 0.717) is 6.04 Å². The lowest BCUT2D eigenvalue weighted by atomic mass is 10.0. The third kappa shape index (κ3) is 4.16. The zero-order valence-corrected chi connectivity index (χ0v) is 11.0. The second-order valence-electron chi connectivity index (χ2n) is 5.38. The van der Waals surface area contributed by atoms with Crippen LogP contribution < -0.4 is 5.32 Å². The first-order chi connectivity index (χ1) is 8.36. The van der Waals surface area contributed by atoms with Gasteiger partial charge in [-0.25, -0.2) is 0 Å². The molecular formula is C16H25N. The molecule has 0 aromatic heterocycles. The Morgan fingerprint density at radius 3 is 2.59 bits per heavy atom. The van der Waals surface area contributed by atoms with Crippen molar-refractivity contribution in [1.29, 1.82) is 0 Å². The van der Waals surface area contributed by atoms with E-state index in [4.69, 9.17) is 0 Å². The van der Waals surface area contributed by atoms with E-state index in [1.807, 2.05) is 0 Å². The van der Waals surface area contributed by atoms with E-state index in [9.17, 15) is 0 Å². The molecule has 1 nitrogen and oxygen atoms in total. The highest BCUT2D eigenvalue weighted by Crippen LogP contribution is 2.28. The molecule has 1 aromatic rings. The molecule has 1 aromatic carbocycles. The molecule has 0 radical (unpaired) electrons. The Kier molecular flexibility index (Phi) is 5.06. The number of hydrogen-bond donors (Lipinski definition) is 1. The quantitative estimate of drug-likeness (QED) is 0.719. The molecule has 1 saturated carbocycles. The summed E-state index contributed by atoms with van der Waals surface area (Å²) in [6.07, 6.45) is 8.66. The fourth-order valence-electron chi connectivity index (χ4n) is 2.87. The van der Waals surface area contributed by atoms with Crippen LogP contribution in [0, 0.1) is 5.92 Å². The minimum Gasteiger partial charge on any atom is -0.310 e. The van der Waals surface area contributed by atoms with Gasteiger partial charge in [-0.2, -0.15) is 0 Å². The number of benzene rings is 1. The minimum absolute atomic E-state index is 0.486. The topological polar surface area (TPSA) is 12.0 Å². The Bertz CT molecular complexity index is 301. The van der Waals surface area contributed by atoms with Gasteiger partial charge in [-0.15, -0.1) is 0 Å². The lowest BCUT2D eigenvalue weighted by molar-refractivity contribution is 0.456. The second kappa shape index (κ2) is 6.80. The summed E-state index contributed by atoms with van der Waals surface area (Å²) in [4.78, 5) is 0. The third-order valence-corrected chi connectivity index (χ3v) is 4.01. The molecule has 1 aliphatic carbocycles. The Labute approximate surface area is 106 Å². The van der Waals surface area contributed by atoms with Crippen LogP contribution in [0.5, 0.6) is 0 Å². The zero-order valence-electron chi connectivity index (χ0n) is 11.0. The van der Waals surface area contributed by atoms with Crippen molar-refractivity contribution in [1.82, 2.24) is 5.32 Å². The van der Waals surface area contributed by atoms with E-state index in [0.717, 1.165) is 12.5 Å². The lowest BCUT2D eigenvalue weighted by Crippen LogP contribution is -2.20. The maximum Gasteiger partial charge on any atom is 0.0291 e. The summed E-state index contributed by atoms with van der Waals surface area (Å²) >= 11 is 0. The van der Waals surface area contributed by atoms with Gasteiger partial charge in [-0.1, -0.05) is 56.0 Å². The molecule has 1 atom stereocenters. The lowest BCUT2D eigenvalue weighted by Gasteiger charge is -2.15. The van der Waals surface area contributed by atoms with Crippen LogP contribution in [0.2, 0.25) is 0 Å². The van der Waals surface area contributed by atoms with Crippen LogP contribution in [-0.4, -0.2) is 6.54 Å². The second-order valence-corrected chi connectivity index (χ2v) is 5.38. The summed E-state index contributed by atoms with van der Waals surface area (Å²) in [6, 6.07) is 11.2. The fourth-order valence-corrected chi connectivity index (χ4v) is 2.87. The highest BCUT2D eigenvalue weighted by atomic mass is 14.9. The van der Waals surface area contributed by atoms with Crippen molar-refractivity contribution in [2.45, 2.75) is 51.5 Å². The van der Waals surface area contributed by atoms with Gasteiger partial charge >= 0.3 is 0 Å². The normalized spacial score (nSPS) is 18.4. The average molecular weight is 231 g/mol. The number of nitrogens with one attached hydrogen (secondary N) is 1. The monoisotopic (exact) mass is 231 g/mol. The zero-order chi connectivity index (χ0) is 11.9. The highest BCUT2D eigenvalue weighted by molar-refractivity contribution is 5.17. The number of hydrogen-bond acceptors (Lipinski definition) is 1. The Balaban J connectivity index is 1.61. The molecule has 0 spiro atoms. The highest BCUT2D eigenvalue weighted by Gasteiger charge is 2.14. The molecule has 94 valence electrons. The molecular weight excluding hydrogens is 206 g/mol. The molecule has 0 aliphatic heterocycles.